The number of carbonyl (C=O) groups is 2. The first kappa shape index (κ1) is 24.8. The number of H-pyrrole nitrogens is 1. The number of carbonyl (C=O) groups excluding carboxylic acids is 2. The van der Waals surface area contributed by atoms with Gasteiger partial charge in [0, 0.05) is 40.7 Å². The van der Waals surface area contributed by atoms with Gasteiger partial charge < -0.3 is 24.2 Å². The van der Waals surface area contributed by atoms with Crippen LogP contribution in [-0.2, 0) is 4.74 Å². The van der Waals surface area contributed by atoms with Gasteiger partial charge in [0.25, 0.3) is 5.91 Å². The number of aromatic amines is 1. The number of hydrogen-bond acceptors (Lipinski definition) is 5. The molecule has 1 aliphatic heterocycles. The van der Waals surface area contributed by atoms with E-state index in [9.17, 15) is 9.59 Å². The quantitative estimate of drug-likeness (QED) is 0.243. The van der Waals surface area contributed by atoms with E-state index in [4.69, 9.17) is 25.9 Å². The van der Waals surface area contributed by atoms with Crippen LogP contribution in [0.5, 0.6) is 11.5 Å². The molecule has 2 heterocycles. The molecular formula is C28H28ClN3O5. The summed E-state index contributed by atoms with van der Waals surface area (Å²) in [6, 6.07) is 16.9. The van der Waals surface area contributed by atoms with Crippen molar-refractivity contribution in [1.82, 2.24) is 10.5 Å². The molecule has 4 aromatic rings. The number of amides is 2. The van der Waals surface area contributed by atoms with Crippen molar-refractivity contribution < 1.29 is 23.9 Å². The van der Waals surface area contributed by atoms with E-state index in [0.717, 1.165) is 27.2 Å². The van der Waals surface area contributed by atoms with Gasteiger partial charge in [0.05, 0.1) is 12.8 Å². The summed E-state index contributed by atoms with van der Waals surface area (Å²) in [5, 5.41) is 2.57. The highest BCUT2D eigenvalue weighted by molar-refractivity contribution is 6.19. The van der Waals surface area contributed by atoms with Crippen molar-refractivity contribution in [1.29, 1.82) is 0 Å². The number of anilines is 1. The van der Waals surface area contributed by atoms with Crippen molar-refractivity contribution in [3.8, 4) is 11.5 Å². The fourth-order valence-corrected chi connectivity index (χ4v) is 4.96. The fourth-order valence-electron chi connectivity index (χ4n) is 4.71. The third kappa shape index (κ3) is 4.76. The summed E-state index contributed by atoms with van der Waals surface area (Å²) in [7, 11) is 1.61. The Morgan fingerprint density at radius 2 is 1.86 bits per heavy atom. The minimum absolute atomic E-state index is 0.0668. The molecule has 1 unspecified atom stereocenters. The summed E-state index contributed by atoms with van der Waals surface area (Å²) in [4.78, 5) is 36.6. The first-order valence-corrected chi connectivity index (χ1v) is 12.5. The molecule has 37 heavy (non-hydrogen) atoms. The van der Waals surface area contributed by atoms with Crippen LogP contribution in [0, 0.1) is 0 Å². The summed E-state index contributed by atoms with van der Waals surface area (Å²) < 4.78 is 10.6. The molecule has 0 bridgehead atoms. The van der Waals surface area contributed by atoms with Gasteiger partial charge >= 0.3 is 6.09 Å². The molecule has 1 atom stereocenters. The maximum atomic E-state index is 13.8. The highest BCUT2D eigenvalue weighted by Gasteiger charge is 2.35. The van der Waals surface area contributed by atoms with Crippen LogP contribution in [0.3, 0.4) is 0 Å². The topological polar surface area (TPSA) is 92.9 Å². The van der Waals surface area contributed by atoms with Crippen LogP contribution in [0.2, 0.25) is 0 Å². The highest BCUT2D eigenvalue weighted by Crippen LogP contribution is 2.46. The highest BCUT2D eigenvalue weighted by atomic mass is 35.5. The number of hydroxylamine groups is 1. The molecule has 2 amide bonds. The van der Waals surface area contributed by atoms with Gasteiger partial charge in [-0.05, 0) is 56.0 Å². The Morgan fingerprint density at radius 1 is 1.11 bits per heavy atom. The number of nitrogens with one attached hydrogen (secondary N) is 2. The largest absolute Gasteiger partial charge is 0.497 e. The average molecular weight is 522 g/mol. The van der Waals surface area contributed by atoms with Crippen molar-refractivity contribution in [2.45, 2.75) is 32.3 Å². The molecule has 192 valence electrons. The molecule has 8 nitrogen and oxygen atoms in total. The molecule has 0 spiro atoms. The number of aromatic nitrogens is 1. The van der Waals surface area contributed by atoms with Crippen molar-refractivity contribution in [3.05, 3.63) is 65.9 Å². The molecule has 0 saturated heterocycles. The molecule has 5 rings (SSSR count). The van der Waals surface area contributed by atoms with Crippen LogP contribution in [0.25, 0.3) is 21.7 Å². The third-order valence-corrected chi connectivity index (χ3v) is 6.63. The van der Waals surface area contributed by atoms with Crippen LogP contribution < -0.4 is 20.0 Å². The van der Waals surface area contributed by atoms with Crippen molar-refractivity contribution in [2.24, 2.45) is 0 Å². The minimum atomic E-state index is -0.711. The molecular weight excluding hydrogens is 494 g/mol. The van der Waals surface area contributed by atoms with Gasteiger partial charge in [-0.15, -0.1) is 11.6 Å². The smallest absolute Gasteiger partial charge is 0.441 e. The summed E-state index contributed by atoms with van der Waals surface area (Å²) >= 11 is 6.39. The monoisotopic (exact) mass is 521 g/mol. The second kappa shape index (κ2) is 9.52. The van der Waals surface area contributed by atoms with E-state index in [1.54, 1.807) is 38.8 Å². The van der Waals surface area contributed by atoms with E-state index >= 15 is 0 Å². The Morgan fingerprint density at radius 3 is 2.57 bits per heavy atom. The zero-order chi connectivity index (χ0) is 26.3. The number of hydrogen-bond donors (Lipinski definition) is 2. The molecule has 1 aromatic heterocycles. The number of ether oxygens (including phenoxy) is 2. The molecule has 2 N–H and O–H groups in total. The van der Waals surface area contributed by atoms with Crippen molar-refractivity contribution >= 4 is 51.0 Å². The molecule has 9 heteroatoms. The minimum Gasteiger partial charge on any atom is -0.497 e. The van der Waals surface area contributed by atoms with Gasteiger partial charge in [-0.3, -0.25) is 4.79 Å². The number of alkyl halides is 1. The van der Waals surface area contributed by atoms with Gasteiger partial charge in [0.1, 0.15) is 17.0 Å². The molecule has 0 aliphatic carbocycles. The molecule has 0 saturated carbocycles. The van der Waals surface area contributed by atoms with Crippen LogP contribution in [0.4, 0.5) is 10.5 Å². The van der Waals surface area contributed by atoms with Crippen molar-refractivity contribution in [3.63, 3.8) is 0 Å². The molecule has 0 fully saturated rings. The Labute approximate surface area is 219 Å². The Kier molecular flexibility index (Phi) is 6.37. The van der Waals surface area contributed by atoms with Gasteiger partial charge in [-0.25, -0.2) is 4.79 Å². The summed E-state index contributed by atoms with van der Waals surface area (Å²) in [6.45, 7) is 5.73. The van der Waals surface area contributed by atoms with Gasteiger partial charge in [0.2, 0.25) is 0 Å². The predicted octanol–water partition coefficient (Wildman–Crippen LogP) is 6.13. The zero-order valence-electron chi connectivity index (χ0n) is 21.1. The third-order valence-electron chi connectivity index (χ3n) is 6.26. The normalized spacial score (nSPS) is 15.1. The van der Waals surface area contributed by atoms with E-state index in [0.29, 0.717) is 35.3 Å². The Bertz CT molecular complexity index is 1510. The Balaban J connectivity index is 1.54. The second-order valence-corrected chi connectivity index (χ2v) is 10.3. The number of halogens is 1. The lowest BCUT2D eigenvalue weighted by Gasteiger charge is -2.21. The number of benzene rings is 3. The number of methoxy groups -OCH3 is 1. The van der Waals surface area contributed by atoms with Crippen LogP contribution >= 0.6 is 11.6 Å². The van der Waals surface area contributed by atoms with E-state index in [1.165, 1.54) is 0 Å². The van der Waals surface area contributed by atoms with E-state index in [-0.39, 0.29) is 11.8 Å². The van der Waals surface area contributed by atoms with Crippen LogP contribution in [0.15, 0.2) is 54.6 Å². The standard InChI is InChI=1S/C28H28ClN3O5/c1-28(2,3)36-27(34)31-37-24-13-23-25(20-8-6-5-7-19(20)24)17(14-29)15-32(23)26(33)22-12-16-11-18(35-4)9-10-21(16)30-22/h5-13,17,30H,14-15H2,1-4H3,(H,31,34). The summed E-state index contributed by atoms with van der Waals surface area (Å²) in [6.07, 6.45) is -0.711. The average Bonchev–Trinajstić information content (AvgIpc) is 3.47. The first-order valence-electron chi connectivity index (χ1n) is 11.9. The maximum Gasteiger partial charge on any atom is 0.441 e. The lowest BCUT2D eigenvalue weighted by atomic mass is 9.95. The predicted molar refractivity (Wildman–Crippen MR) is 144 cm³/mol. The molecule has 3 aromatic carbocycles. The lowest BCUT2D eigenvalue weighted by molar-refractivity contribution is 0.0290. The lowest BCUT2D eigenvalue weighted by Crippen LogP contribution is -2.34. The number of rotatable bonds is 5. The van der Waals surface area contributed by atoms with Gasteiger partial charge in [0.15, 0.2) is 5.75 Å². The summed E-state index contributed by atoms with van der Waals surface area (Å²) in [5.74, 6) is 1.20. The number of nitrogens with zero attached hydrogens (tertiary/aromatic N) is 1. The maximum absolute atomic E-state index is 13.8. The van der Waals surface area contributed by atoms with Crippen LogP contribution in [-0.4, -0.2) is 42.1 Å². The van der Waals surface area contributed by atoms with E-state index in [2.05, 4.69) is 10.5 Å². The molecule has 0 radical (unpaired) electrons. The van der Waals surface area contributed by atoms with Crippen LogP contribution in [0.1, 0.15) is 42.7 Å². The van der Waals surface area contributed by atoms with E-state index in [1.807, 2.05) is 48.5 Å². The first-order chi connectivity index (χ1) is 17.7. The zero-order valence-corrected chi connectivity index (χ0v) is 21.8. The van der Waals surface area contributed by atoms with Gasteiger partial charge in [-0.2, -0.15) is 5.48 Å². The second-order valence-electron chi connectivity index (χ2n) is 9.96. The Hall–Kier alpha value is -3.91. The number of fused-ring (bicyclic) bond motifs is 4. The summed E-state index contributed by atoms with van der Waals surface area (Å²) in [5.41, 5.74) is 4.63. The molecule has 1 aliphatic rings. The SMILES string of the molecule is COc1ccc2[nH]c(C(=O)N3CC(CCl)c4c3cc(ONC(=O)OC(C)(C)C)c3ccccc43)cc2c1. The van der Waals surface area contributed by atoms with Crippen molar-refractivity contribution in [2.75, 3.05) is 24.4 Å². The fraction of sp³-hybridized carbons (Fsp3) is 0.286. The van der Waals surface area contributed by atoms with Gasteiger partial charge in [-0.1, -0.05) is 24.3 Å². The van der Waals surface area contributed by atoms with E-state index < -0.39 is 11.7 Å².